The van der Waals surface area contributed by atoms with Crippen molar-refractivity contribution in [3.05, 3.63) is 64.2 Å². The molecule has 6 heteroatoms. The average molecular weight is 329 g/mol. The fourth-order valence-corrected chi connectivity index (χ4v) is 2.16. The molecule has 2 aromatic carbocycles. The van der Waals surface area contributed by atoms with E-state index in [-0.39, 0.29) is 17.9 Å². The highest BCUT2D eigenvalue weighted by atomic mass is 35.5. The summed E-state index contributed by atoms with van der Waals surface area (Å²) >= 11 is 5.83. The first kappa shape index (κ1) is 16.4. The molecule has 0 unspecified atom stereocenters. The van der Waals surface area contributed by atoms with E-state index in [0.717, 1.165) is 24.6 Å². The summed E-state index contributed by atoms with van der Waals surface area (Å²) in [7, 11) is 0. The first-order valence-corrected chi connectivity index (χ1v) is 6.74. The Balaban J connectivity index is 2.24. The minimum absolute atomic E-state index is 0.0392. The Kier molecular flexibility index (Phi) is 4.76. The van der Waals surface area contributed by atoms with Crippen molar-refractivity contribution in [3.63, 3.8) is 0 Å². The van der Waals surface area contributed by atoms with Crippen LogP contribution < -0.4 is 4.74 Å². The van der Waals surface area contributed by atoms with Crippen molar-refractivity contribution in [2.75, 3.05) is 0 Å². The van der Waals surface area contributed by atoms with Crippen molar-refractivity contribution < 1.29 is 22.7 Å². The number of ether oxygens (including phenoxy) is 1. The minimum Gasteiger partial charge on any atom is -0.489 e. The van der Waals surface area contributed by atoms with Crippen LogP contribution in [0.3, 0.4) is 0 Å². The second-order valence-electron chi connectivity index (χ2n) is 4.68. The maximum absolute atomic E-state index is 13.0. The second kappa shape index (κ2) is 6.40. The first-order valence-electron chi connectivity index (χ1n) is 6.37. The molecule has 0 bridgehead atoms. The fraction of sp³-hybridized carbons (Fsp3) is 0.188. The summed E-state index contributed by atoms with van der Waals surface area (Å²) in [6, 6.07) is 10.1. The van der Waals surface area contributed by atoms with Crippen molar-refractivity contribution in [3.8, 4) is 5.75 Å². The Morgan fingerprint density at radius 1 is 1.18 bits per heavy atom. The number of carbonyl (C=O) groups excluding carboxylic acids is 1. The zero-order chi connectivity index (χ0) is 16.3. The van der Waals surface area contributed by atoms with Gasteiger partial charge in [-0.1, -0.05) is 23.7 Å². The van der Waals surface area contributed by atoms with Crippen LogP contribution in [0.4, 0.5) is 13.2 Å². The molecule has 0 aromatic heterocycles. The van der Waals surface area contributed by atoms with E-state index in [0.29, 0.717) is 5.02 Å². The Bertz CT molecular complexity index is 696. The third-order valence-corrected chi connectivity index (χ3v) is 3.21. The van der Waals surface area contributed by atoms with E-state index >= 15 is 0 Å². The number of hydrogen-bond acceptors (Lipinski definition) is 2. The van der Waals surface area contributed by atoms with Crippen LogP contribution in [0, 0.1) is 0 Å². The van der Waals surface area contributed by atoms with Crippen LogP contribution in [0.1, 0.15) is 28.4 Å². The van der Waals surface area contributed by atoms with Gasteiger partial charge in [-0.05, 0) is 42.8 Å². The summed E-state index contributed by atoms with van der Waals surface area (Å²) in [5, 5.41) is 0.518. The molecular formula is C16H12ClF3O2. The van der Waals surface area contributed by atoms with Gasteiger partial charge < -0.3 is 4.74 Å². The highest BCUT2D eigenvalue weighted by molar-refractivity contribution is 6.30. The van der Waals surface area contributed by atoms with E-state index in [9.17, 15) is 18.0 Å². The lowest BCUT2D eigenvalue weighted by molar-refractivity contribution is -0.138. The molecule has 0 amide bonds. The van der Waals surface area contributed by atoms with Gasteiger partial charge in [-0.2, -0.15) is 13.2 Å². The topological polar surface area (TPSA) is 26.3 Å². The third kappa shape index (κ3) is 4.01. The molecule has 0 aliphatic carbocycles. The van der Waals surface area contributed by atoms with E-state index in [4.69, 9.17) is 16.3 Å². The van der Waals surface area contributed by atoms with Crippen LogP contribution in [0.5, 0.6) is 5.75 Å². The van der Waals surface area contributed by atoms with Crippen LogP contribution >= 0.6 is 11.6 Å². The van der Waals surface area contributed by atoms with Gasteiger partial charge in [-0.15, -0.1) is 0 Å². The van der Waals surface area contributed by atoms with Gasteiger partial charge in [0.05, 0.1) is 5.56 Å². The van der Waals surface area contributed by atoms with Crippen molar-refractivity contribution in [2.45, 2.75) is 19.7 Å². The Labute approximate surface area is 130 Å². The predicted octanol–water partition coefficient (Wildman–Crippen LogP) is 5.14. The highest BCUT2D eigenvalue weighted by Crippen LogP contribution is 2.34. The molecule has 2 rings (SSSR count). The number of halogens is 4. The molecule has 0 aliphatic heterocycles. The molecule has 2 aromatic rings. The van der Waals surface area contributed by atoms with E-state index in [1.54, 1.807) is 24.3 Å². The molecule has 2 nitrogen and oxygen atoms in total. The minimum atomic E-state index is -4.61. The lowest BCUT2D eigenvalue weighted by Gasteiger charge is -2.13. The Hall–Kier alpha value is -2.01. The number of alkyl halides is 3. The molecule has 0 saturated heterocycles. The number of benzene rings is 2. The summed E-state index contributed by atoms with van der Waals surface area (Å²) in [5.74, 6) is -0.606. The summed E-state index contributed by atoms with van der Waals surface area (Å²) < 4.78 is 44.3. The van der Waals surface area contributed by atoms with Crippen molar-refractivity contribution in [2.24, 2.45) is 0 Å². The fourth-order valence-electron chi connectivity index (χ4n) is 1.95. The van der Waals surface area contributed by atoms with Crippen molar-refractivity contribution in [1.29, 1.82) is 0 Å². The summed E-state index contributed by atoms with van der Waals surface area (Å²) in [4.78, 5) is 11.3. The number of carbonyl (C=O) groups is 1. The molecule has 116 valence electrons. The number of Topliss-reactive ketones (excluding diaryl/α,β-unsaturated/α-hetero) is 1. The first-order chi connectivity index (χ1) is 10.3. The van der Waals surface area contributed by atoms with Gasteiger partial charge in [-0.3, -0.25) is 4.79 Å². The molecule has 0 aliphatic rings. The Morgan fingerprint density at radius 3 is 2.50 bits per heavy atom. The summed E-state index contributed by atoms with van der Waals surface area (Å²) in [5.41, 5.74) is -0.636. The standard InChI is InChI=1S/C16H12ClF3O2/c1-10(21)14-6-5-13(8-15(14)16(18,19)20)22-9-11-3-2-4-12(17)7-11/h2-8H,9H2,1H3. The quantitative estimate of drug-likeness (QED) is 0.726. The zero-order valence-corrected chi connectivity index (χ0v) is 12.3. The van der Waals surface area contributed by atoms with Gasteiger partial charge in [0.1, 0.15) is 12.4 Å². The maximum atomic E-state index is 13.0. The molecule has 0 spiro atoms. The molecule has 0 atom stereocenters. The van der Waals surface area contributed by atoms with E-state index in [1.807, 2.05) is 0 Å². The smallest absolute Gasteiger partial charge is 0.417 e. The Morgan fingerprint density at radius 2 is 1.91 bits per heavy atom. The van der Waals surface area contributed by atoms with Crippen molar-refractivity contribution in [1.82, 2.24) is 0 Å². The maximum Gasteiger partial charge on any atom is 0.417 e. The van der Waals surface area contributed by atoms with E-state index in [2.05, 4.69) is 0 Å². The molecule has 0 fully saturated rings. The zero-order valence-electron chi connectivity index (χ0n) is 11.6. The van der Waals surface area contributed by atoms with Crippen LogP contribution in [0.25, 0.3) is 0 Å². The van der Waals surface area contributed by atoms with Gasteiger partial charge in [0.2, 0.25) is 0 Å². The molecule has 0 radical (unpaired) electrons. The van der Waals surface area contributed by atoms with Gasteiger partial charge in [0.25, 0.3) is 0 Å². The molecule has 0 N–H and O–H groups in total. The molecule has 0 saturated carbocycles. The normalized spacial score (nSPS) is 11.3. The van der Waals surface area contributed by atoms with Crippen LogP contribution in [-0.4, -0.2) is 5.78 Å². The van der Waals surface area contributed by atoms with Gasteiger partial charge in [-0.25, -0.2) is 0 Å². The number of rotatable bonds is 4. The largest absolute Gasteiger partial charge is 0.489 e. The van der Waals surface area contributed by atoms with Crippen LogP contribution in [0.15, 0.2) is 42.5 Å². The summed E-state index contributed by atoms with van der Waals surface area (Å²) in [6.07, 6.45) is -4.61. The van der Waals surface area contributed by atoms with E-state index < -0.39 is 17.5 Å². The molecular weight excluding hydrogens is 317 g/mol. The highest BCUT2D eigenvalue weighted by Gasteiger charge is 2.34. The predicted molar refractivity (Wildman–Crippen MR) is 77.2 cm³/mol. The average Bonchev–Trinajstić information content (AvgIpc) is 2.44. The number of ketones is 1. The number of hydrogen-bond donors (Lipinski definition) is 0. The monoisotopic (exact) mass is 328 g/mol. The van der Waals surface area contributed by atoms with Gasteiger partial charge in [0.15, 0.2) is 5.78 Å². The third-order valence-electron chi connectivity index (χ3n) is 2.97. The van der Waals surface area contributed by atoms with Gasteiger partial charge in [0, 0.05) is 10.6 Å². The van der Waals surface area contributed by atoms with E-state index in [1.165, 1.54) is 6.07 Å². The molecule has 22 heavy (non-hydrogen) atoms. The van der Waals surface area contributed by atoms with Crippen LogP contribution in [0.2, 0.25) is 5.02 Å². The van der Waals surface area contributed by atoms with Crippen LogP contribution in [-0.2, 0) is 12.8 Å². The molecule has 0 heterocycles. The van der Waals surface area contributed by atoms with Gasteiger partial charge >= 0.3 is 6.18 Å². The van der Waals surface area contributed by atoms with Crippen molar-refractivity contribution >= 4 is 17.4 Å². The SMILES string of the molecule is CC(=O)c1ccc(OCc2cccc(Cl)c2)cc1C(F)(F)F. The second-order valence-corrected chi connectivity index (χ2v) is 5.12. The lowest BCUT2D eigenvalue weighted by Crippen LogP contribution is -2.12. The summed E-state index contributed by atoms with van der Waals surface area (Å²) in [6.45, 7) is 1.17. The lowest BCUT2D eigenvalue weighted by atomic mass is 10.0.